The highest BCUT2D eigenvalue weighted by Crippen LogP contribution is 2.51. The minimum Gasteiger partial charge on any atom is -0.465 e. The topological polar surface area (TPSA) is 86.7 Å². The fourth-order valence-corrected chi connectivity index (χ4v) is 5.80. The third kappa shape index (κ3) is 2.90. The Balaban J connectivity index is 2.07. The molecular formula is C23H18O6S. The van der Waals surface area contributed by atoms with Gasteiger partial charge < -0.3 is 9.47 Å². The Morgan fingerprint density at radius 3 is 2.07 bits per heavy atom. The molecule has 1 aliphatic rings. The van der Waals surface area contributed by atoms with Gasteiger partial charge in [0.15, 0.2) is 9.84 Å². The second-order valence-electron chi connectivity index (χ2n) is 6.76. The zero-order chi connectivity index (χ0) is 21.5. The molecule has 0 N–H and O–H groups in total. The Bertz CT molecular complexity index is 1260. The SMILES string of the molecule is COC(=O)c1ccc2c(c1C(=O)OC)-c1ccccc1C2S(=O)(=O)c1ccccc1. The van der Waals surface area contributed by atoms with Gasteiger partial charge >= 0.3 is 11.9 Å². The lowest BCUT2D eigenvalue weighted by Gasteiger charge is -2.16. The molecule has 0 radical (unpaired) electrons. The van der Waals surface area contributed by atoms with Gasteiger partial charge in [-0.1, -0.05) is 48.5 Å². The molecule has 0 aliphatic heterocycles. The van der Waals surface area contributed by atoms with Gasteiger partial charge in [-0.2, -0.15) is 0 Å². The van der Waals surface area contributed by atoms with E-state index in [4.69, 9.17) is 9.47 Å². The van der Waals surface area contributed by atoms with Crippen LogP contribution in [0.3, 0.4) is 0 Å². The highest BCUT2D eigenvalue weighted by atomic mass is 32.2. The quantitative estimate of drug-likeness (QED) is 0.595. The van der Waals surface area contributed by atoms with Crippen LogP contribution < -0.4 is 0 Å². The molecule has 30 heavy (non-hydrogen) atoms. The molecule has 3 aromatic rings. The number of hydrogen-bond acceptors (Lipinski definition) is 6. The van der Waals surface area contributed by atoms with Gasteiger partial charge in [0, 0.05) is 5.56 Å². The van der Waals surface area contributed by atoms with Gasteiger partial charge in [0.2, 0.25) is 0 Å². The van der Waals surface area contributed by atoms with Gasteiger partial charge in [0.05, 0.1) is 30.2 Å². The predicted molar refractivity (Wildman–Crippen MR) is 110 cm³/mol. The average Bonchev–Trinajstić information content (AvgIpc) is 3.13. The number of fused-ring (bicyclic) bond motifs is 3. The largest absolute Gasteiger partial charge is 0.465 e. The Kier molecular flexibility index (Phi) is 4.91. The van der Waals surface area contributed by atoms with Crippen molar-refractivity contribution in [1.29, 1.82) is 0 Å². The first-order valence-corrected chi connectivity index (χ1v) is 10.7. The number of ether oxygens (including phenoxy) is 2. The summed E-state index contributed by atoms with van der Waals surface area (Å²) in [4.78, 5) is 25.2. The van der Waals surface area contributed by atoms with Crippen LogP contribution >= 0.6 is 0 Å². The van der Waals surface area contributed by atoms with E-state index in [0.717, 1.165) is 0 Å². The smallest absolute Gasteiger partial charge is 0.339 e. The van der Waals surface area contributed by atoms with E-state index in [9.17, 15) is 18.0 Å². The third-order valence-corrected chi connectivity index (χ3v) is 7.27. The van der Waals surface area contributed by atoms with Crippen LogP contribution in [0, 0.1) is 0 Å². The van der Waals surface area contributed by atoms with Crippen molar-refractivity contribution < 1.29 is 27.5 Å². The second-order valence-corrected chi connectivity index (χ2v) is 8.79. The molecule has 0 fully saturated rings. The Hall–Kier alpha value is -3.45. The second kappa shape index (κ2) is 7.42. The Labute approximate surface area is 174 Å². The van der Waals surface area contributed by atoms with Gasteiger partial charge in [-0.15, -0.1) is 0 Å². The number of carbonyl (C=O) groups excluding carboxylic acids is 2. The molecule has 0 saturated carbocycles. The summed E-state index contributed by atoms with van der Waals surface area (Å²) in [7, 11) is -1.40. The molecular weight excluding hydrogens is 404 g/mol. The summed E-state index contributed by atoms with van der Waals surface area (Å²) in [6.45, 7) is 0. The van der Waals surface area contributed by atoms with Crippen molar-refractivity contribution in [2.45, 2.75) is 10.1 Å². The number of carbonyl (C=O) groups is 2. The molecule has 0 saturated heterocycles. The lowest BCUT2D eigenvalue weighted by atomic mass is 9.94. The summed E-state index contributed by atoms with van der Waals surface area (Å²) < 4.78 is 36.9. The number of hydrogen-bond donors (Lipinski definition) is 0. The molecule has 0 heterocycles. The normalized spacial score (nSPS) is 14.5. The standard InChI is InChI=1S/C23H18O6S/c1-28-22(24)18-13-12-17-19(20(18)23(25)29-2)15-10-6-7-11-16(15)21(17)30(26,27)14-8-4-3-5-9-14/h3-13,21H,1-2H3. The first-order valence-electron chi connectivity index (χ1n) is 9.13. The maximum Gasteiger partial charge on any atom is 0.339 e. The van der Waals surface area contributed by atoms with Crippen molar-refractivity contribution in [1.82, 2.24) is 0 Å². The predicted octanol–water partition coefficient (Wildman–Crippen LogP) is 3.80. The summed E-state index contributed by atoms with van der Waals surface area (Å²) in [6.07, 6.45) is 0. The minimum atomic E-state index is -3.82. The van der Waals surface area contributed by atoms with Crippen molar-refractivity contribution in [2.24, 2.45) is 0 Å². The fraction of sp³-hybridized carbons (Fsp3) is 0.130. The third-order valence-electron chi connectivity index (χ3n) is 5.21. The van der Waals surface area contributed by atoms with E-state index in [1.807, 2.05) is 0 Å². The molecule has 1 atom stereocenters. The minimum absolute atomic E-state index is 0.0000571. The first kappa shape index (κ1) is 19.8. The fourth-order valence-electron chi connectivity index (χ4n) is 3.92. The summed E-state index contributed by atoms with van der Waals surface area (Å²) in [5.74, 6) is -1.44. The number of benzene rings is 3. The highest BCUT2D eigenvalue weighted by Gasteiger charge is 2.42. The molecule has 1 unspecified atom stereocenters. The van der Waals surface area contributed by atoms with Crippen LogP contribution in [0.5, 0.6) is 0 Å². The average molecular weight is 422 g/mol. The molecule has 6 nitrogen and oxygen atoms in total. The monoisotopic (exact) mass is 422 g/mol. The molecule has 3 aromatic carbocycles. The van der Waals surface area contributed by atoms with Gasteiger partial charge in [0.25, 0.3) is 0 Å². The maximum atomic E-state index is 13.6. The summed E-state index contributed by atoms with van der Waals surface area (Å²) in [5.41, 5.74) is 1.94. The zero-order valence-corrected chi connectivity index (χ0v) is 17.1. The van der Waals surface area contributed by atoms with Gasteiger partial charge in [-0.3, -0.25) is 0 Å². The maximum absolute atomic E-state index is 13.6. The number of rotatable bonds is 4. The van der Waals surface area contributed by atoms with E-state index in [1.54, 1.807) is 60.7 Å². The lowest BCUT2D eigenvalue weighted by Crippen LogP contribution is -2.16. The molecule has 0 bridgehead atoms. The van der Waals surface area contributed by atoms with Gasteiger partial charge in [-0.05, 0) is 34.9 Å². The van der Waals surface area contributed by atoms with E-state index in [0.29, 0.717) is 22.3 Å². The van der Waals surface area contributed by atoms with Crippen molar-refractivity contribution >= 4 is 21.8 Å². The van der Waals surface area contributed by atoms with E-state index in [-0.39, 0.29) is 16.0 Å². The molecule has 0 spiro atoms. The molecule has 152 valence electrons. The van der Waals surface area contributed by atoms with Crippen LogP contribution in [0.25, 0.3) is 11.1 Å². The van der Waals surface area contributed by atoms with Crippen LogP contribution in [0.1, 0.15) is 37.1 Å². The van der Waals surface area contributed by atoms with E-state index in [1.165, 1.54) is 20.3 Å². The van der Waals surface area contributed by atoms with Crippen LogP contribution in [-0.4, -0.2) is 34.6 Å². The molecule has 7 heteroatoms. The van der Waals surface area contributed by atoms with E-state index >= 15 is 0 Å². The van der Waals surface area contributed by atoms with Crippen LogP contribution in [-0.2, 0) is 19.3 Å². The van der Waals surface area contributed by atoms with Crippen LogP contribution in [0.15, 0.2) is 71.6 Å². The van der Waals surface area contributed by atoms with Gasteiger partial charge in [-0.25, -0.2) is 18.0 Å². The highest BCUT2D eigenvalue weighted by molar-refractivity contribution is 7.92. The number of esters is 2. The summed E-state index contributed by atoms with van der Waals surface area (Å²) >= 11 is 0. The van der Waals surface area contributed by atoms with Crippen molar-refractivity contribution in [3.63, 3.8) is 0 Å². The van der Waals surface area contributed by atoms with E-state index < -0.39 is 27.0 Å². The Morgan fingerprint density at radius 2 is 1.40 bits per heavy atom. The Morgan fingerprint density at radius 1 is 0.767 bits per heavy atom. The molecule has 1 aliphatic carbocycles. The molecule has 0 aromatic heterocycles. The number of methoxy groups -OCH3 is 2. The van der Waals surface area contributed by atoms with Crippen LogP contribution in [0.4, 0.5) is 0 Å². The zero-order valence-electron chi connectivity index (χ0n) is 16.3. The first-order chi connectivity index (χ1) is 14.4. The van der Waals surface area contributed by atoms with Crippen molar-refractivity contribution in [2.75, 3.05) is 14.2 Å². The molecule has 4 rings (SSSR count). The van der Waals surface area contributed by atoms with Crippen LogP contribution in [0.2, 0.25) is 0 Å². The lowest BCUT2D eigenvalue weighted by molar-refractivity contribution is 0.0556. The van der Waals surface area contributed by atoms with Crippen molar-refractivity contribution in [3.8, 4) is 11.1 Å². The summed E-state index contributed by atoms with van der Waals surface area (Å²) in [6, 6.07) is 18.1. The van der Waals surface area contributed by atoms with Crippen molar-refractivity contribution in [3.05, 3.63) is 89.0 Å². The van der Waals surface area contributed by atoms with E-state index in [2.05, 4.69) is 0 Å². The van der Waals surface area contributed by atoms with Gasteiger partial charge in [0.1, 0.15) is 5.25 Å². The summed E-state index contributed by atoms with van der Waals surface area (Å²) in [5, 5.41) is -1.01. The molecule has 0 amide bonds. The number of sulfone groups is 1.